The van der Waals surface area contributed by atoms with E-state index in [0.717, 1.165) is 68.8 Å². The van der Waals surface area contributed by atoms with Crippen molar-refractivity contribution in [1.82, 2.24) is 15.5 Å². The molecule has 1 aliphatic heterocycles. The molecule has 7 heteroatoms. The van der Waals surface area contributed by atoms with Crippen molar-refractivity contribution in [1.29, 1.82) is 0 Å². The summed E-state index contributed by atoms with van der Waals surface area (Å²) in [5, 5.41) is 6.65. The van der Waals surface area contributed by atoms with Gasteiger partial charge in [0.2, 0.25) is 0 Å². The molecular formula is C23H33IN4O2. The van der Waals surface area contributed by atoms with E-state index >= 15 is 0 Å². The van der Waals surface area contributed by atoms with Gasteiger partial charge in [-0.05, 0) is 18.6 Å². The fourth-order valence-corrected chi connectivity index (χ4v) is 3.25. The van der Waals surface area contributed by atoms with E-state index in [9.17, 15) is 0 Å². The number of guanidine groups is 1. The van der Waals surface area contributed by atoms with E-state index in [1.165, 1.54) is 0 Å². The van der Waals surface area contributed by atoms with E-state index < -0.39 is 0 Å². The highest BCUT2D eigenvalue weighted by Crippen LogP contribution is 2.29. The molecule has 0 radical (unpaired) electrons. The lowest BCUT2D eigenvalue weighted by molar-refractivity contribution is 0.0394. The van der Waals surface area contributed by atoms with Gasteiger partial charge in [0.25, 0.3) is 0 Å². The molecule has 0 unspecified atom stereocenters. The topological polar surface area (TPSA) is 58.1 Å². The minimum absolute atomic E-state index is 0. The van der Waals surface area contributed by atoms with Crippen LogP contribution in [0.2, 0.25) is 0 Å². The Morgan fingerprint density at radius 2 is 1.77 bits per heavy atom. The summed E-state index contributed by atoms with van der Waals surface area (Å²) in [4.78, 5) is 7.06. The molecule has 1 saturated heterocycles. The molecule has 0 aromatic heterocycles. The van der Waals surface area contributed by atoms with Crippen LogP contribution >= 0.6 is 24.0 Å². The molecule has 1 heterocycles. The second-order valence-corrected chi connectivity index (χ2v) is 6.85. The summed E-state index contributed by atoms with van der Waals surface area (Å²) in [6.45, 7) is 9.53. The lowest BCUT2D eigenvalue weighted by atomic mass is 10.1. The van der Waals surface area contributed by atoms with Crippen molar-refractivity contribution in [3.05, 3.63) is 54.6 Å². The second-order valence-electron chi connectivity index (χ2n) is 6.85. The van der Waals surface area contributed by atoms with Gasteiger partial charge in [-0.25, -0.2) is 0 Å². The van der Waals surface area contributed by atoms with Gasteiger partial charge in [-0.3, -0.25) is 9.89 Å². The van der Waals surface area contributed by atoms with Gasteiger partial charge in [0.1, 0.15) is 12.4 Å². The predicted molar refractivity (Wildman–Crippen MR) is 134 cm³/mol. The maximum absolute atomic E-state index is 6.05. The molecule has 1 fully saturated rings. The van der Waals surface area contributed by atoms with Gasteiger partial charge in [-0.2, -0.15) is 0 Å². The third-order valence-electron chi connectivity index (χ3n) is 4.76. The number of benzene rings is 2. The van der Waals surface area contributed by atoms with Gasteiger partial charge in [-0.15, -0.1) is 24.0 Å². The maximum atomic E-state index is 6.05. The number of ether oxygens (including phenoxy) is 2. The van der Waals surface area contributed by atoms with E-state index in [2.05, 4.69) is 45.6 Å². The molecule has 6 nitrogen and oxygen atoms in total. The molecule has 0 atom stereocenters. The Balaban J connectivity index is 0.00000320. The average Bonchev–Trinajstić information content (AvgIpc) is 2.78. The van der Waals surface area contributed by atoms with Crippen molar-refractivity contribution >= 4 is 29.9 Å². The van der Waals surface area contributed by atoms with Crippen molar-refractivity contribution in [3.8, 4) is 16.9 Å². The normalized spacial score (nSPS) is 14.6. The summed E-state index contributed by atoms with van der Waals surface area (Å²) in [7, 11) is 0. The molecular weight excluding hydrogens is 491 g/mol. The minimum atomic E-state index is 0. The lowest BCUT2D eigenvalue weighted by Gasteiger charge is -2.25. The second kappa shape index (κ2) is 14.2. The van der Waals surface area contributed by atoms with Crippen molar-refractivity contribution in [2.45, 2.75) is 6.92 Å². The van der Waals surface area contributed by atoms with Gasteiger partial charge in [0, 0.05) is 31.7 Å². The fraction of sp³-hybridized carbons (Fsp3) is 0.435. The van der Waals surface area contributed by atoms with Crippen LogP contribution in [0.1, 0.15) is 6.92 Å². The van der Waals surface area contributed by atoms with Crippen molar-refractivity contribution < 1.29 is 9.47 Å². The Labute approximate surface area is 197 Å². The maximum Gasteiger partial charge on any atom is 0.191 e. The molecule has 2 aromatic carbocycles. The molecule has 0 bridgehead atoms. The van der Waals surface area contributed by atoms with Crippen LogP contribution in [-0.4, -0.2) is 69.9 Å². The summed E-state index contributed by atoms with van der Waals surface area (Å²) >= 11 is 0. The zero-order valence-corrected chi connectivity index (χ0v) is 20.0. The quantitative estimate of drug-likeness (QED) is 0.228. The largest absolute Gasteiger partial charge is 0.491 e. The highest BCUT2D eigenvalue weighted by Gasteiger charge is 2.09. The fourth-order valence-electron chi connectivity index (χ4n) is 3.25. The van der Waals surface area contributed by atoms with Crippen LogP contribution in [0.3, 0.4) is 0 Å². The Morgan fingerprint density at radius 1 is 1.03 bits per heavy atom. The minimum Gasteiger partial charge on any atom is -0.491 e. The van der Waals surface area contributed by atoms with Crippen molar-refractivity contribution in [2.24, 2.45) is 4.99 Å². The standard InChI is InChI=1S/C23H32N4O2.HI/c1-2-24-23(25-12-14-27-15-18-28-19-16-27)26-13-17-29-22-11-7-6-10-21(22)20-8-4-3-5-9-20;/h3-11H,2,12-19H2,1H3,(H2,24,25,26);1H. The summed E-state index contributed by atoms with van der Waals surface area (Å²) < 4.78 is 11.4. The highest BCUT2D eigenvalue weighted by molar-refractivity contribution is 14.0. The van der Waals surface area contributed by atoms with Crippen LogP contribution in [0.25, 0.3) is 11.1 Å². The van der Waals surface area contributed by atoms with E-state index in [1.807, 2.05) is 36.4 Å². The van der Waals surface area contributed by atoms with E-state index in [0.29, 0.717) is 13.2 Å². The zero-order valence-electron chi connectivity index (χ0n) is 17.7. The number of halogens is 1. The molecule has 0 aliphatic carbocycles. The number of nitrogens with one attached hydrogen (secondary N) is 2. The van der Waals surface area contributed by atoms with Gasteiger partial charge in [-0.1, -0.05) is 48.5 Å². The molecule has 0 saturated carbocycles. The summed E-state index contributed by atoms with van der Waals surface area (Å²) in [6.07, 6.45) is 0. The summed E-state index contributed by atoms with van der Waals surface area (Å²) in [5.74, 6) is 1.73. The van der Waals surface area contributed by atoms with E-state index in [4.69, 9.17) is 9.47 Å². The van der Waals surface area contributed by atoms with Gasteiger partial charge >= 0.3 is 0 Å². The van der Waals surface area contributed by atoms with Gasteiger partial charge < -0.3 is 20.1 Å². The lowest BCUT2D eigenvalue weighted by Crippen LogP contribution is -2.41. The third-order valence-corrected chi connectivity index (χ3v) is 4.76. The van der Waals surface area contributed by atoms with E-state index in [1.54, 1.807) is 0 Å². The van der Waals surface area contributed by atoms with Crippen molar-refractivity contribution in [2.75, 3.05) is 59.1 Å². The van der Waals surface area contributed by atoms with E-state index in [-0.39, 0.29) is 24.0 Å². The zero-order chi connectivity index (χ0) is 20.2. The average molecular weight is 524 g/mol. The summed E-state index contributed by atoms with van der Waals surface area (Å²) in [5.41, 5.74) is 2.27. The number of hydrogen-bond acceptors (Lipinski definition) is 4. The first-order chi connectivity index (χ1) is 14.4. The monoisotopic (exact) mass is 524 g/mol. The molecule has 164 valence electrons. The first kappa shape index (κ1) is 24.4. The van der Waals surface area contributed by atoms with Gasteiger partial charge in [0.15, 0.2) is 5.96 Å². The summed E-state index contributed by atoms with van der Waals surface area (Å²) in [6, 6.07) is 18.5. The Bertz CT molecular complexity index is 752. The molecule has 2 N–H and O–H groups in total. The molecule has 0 spiro atoms. The Morgan fingerprint density at radius 3 is 2.53 bits per heavy atom. The smallest absolute Gasteiger partial charge is 0.191 e. The Hall–Kier alpha value is -1.84. The van der Waals surface area contributed by atoms with Crippen LogP contribution in [0.15, 0.2) is 59.6 Å². The van der Waals surface area contributed by atoms with Crippen LogP contribution in [0, 0.1) is 0 Å². The van der Waals surface area contributed by atoms with Crippen LogP contribution in [-0.2, 0) is 4.74 Å². The molecule has 30 heavy (non-hydrogen) atoms. The molecule has 2 aromatic rings. The number of nitrogens with zero attached hydrogens (tertiary/aromatic N) is 2. The van der Waals surface area contributed by atoms with Crippen LogP contribution in [0.4, 0.5) is 0 Å². The highest BCUT2D eigenvalue weighted by atomic mass is 127. The number of para-hydroxylation sites is 1. The first-order valence-corrected chi connectivity index (χ1v) is 10.5. The molecule has 3 rings (SSSR count). The van der Waals surface area contributed by atoms with Crippen LogP contribution < -0.4 is 15.4 Å². The number of hydrogen-bond donors (Lipinski definition) is 2. The van der Waals surface area contributed by atoms with Crippen LogP contribution in [0.5, 0.6) is 5.75 Å². The number of aliphatic imine (C=N–C) groups is 1. The van der Waals surface area contributed by atoms with Crippen molar-refractivity contribution in [3.63, 3.8) is 0 Å². The molecule has 0 amide bonds. The predicted octanol–water partition coefficient (Wildman–Crippen LogP) is 3.24. The van der Waals surface area contributed by atoms with Gasteiger partial charge in [0.05, 0.1) is 26.3 Å². The number of rotatable bonds is 9. The Kier molecular flexibility index (Phi) is 11.6. The SMILES string of the molecule is CCNC(=NCCN1CCOCC1)NCCOc1ccccc1-c1ccccc1.I. The first-order valence-electron chi connectivity index (χ1n) is 10.5. The third kappa shape index (κ3) is 8.12. The molecule has 1 aliphatic rings. The number of morpholine rings is 1.